The van der Waals surface area contributed by atoms with E-state index in [2.05, 4.69) is 6.07 Å². The summed E-state index contributed by atoms with van der Waals surface area (Å²) in [6.07, 6.45) is 0.218. The maximum absolute atomic E-state index is 12.9. The number of benzene rings is 2. The van der Waals surface area contributed by atoms with E-state index in [1.807, 2.05) is 32.0 Å². The Labute approximate surface area is 165 Å². The number of hydrogen-bond donors (Lipinski definition) is 0. The fourth-order valence-corrected chi connectivity index (χ4v) is 2.79. The SMILES string of the molecule is COc1cc(C(C)=O)ccc1OCC(=O)N(CCC#N)c1cccc(C)c1C. The third-order valence-corrected chi connectivity index (χ3v) is 4.54. The van der Waals surface area contributed by atoms with Crippen LogP contribution in [0.25, 0.3) is 0 Å². The van der Waals surface area contributed by atoms with E-state index in [1.165, 1.54) is 14.0 Å². The summed E-state index contributed by atoms with van der Waals surface area (Å²) in [7, 11) is 1.48. The largest absolute Gasteiger partial charge is 0.493 e. The lowest BCUT2D eigenvalue weighted by Gasteiger charge is -2.24. The highest BCUT2D eigenvalue weighted by atomic mass is 16.5. The van der Waals surface area contributed by atoms with Crippen molar-refractivity contribution in [2.45, 2.75) is 27.2 Å². The molecule has 0 unspecified atom stereocenters. The van der Waals surface area contributed by atoms with Gasteiger partial charge in [-0.2, -0.15) is 5.26 Å². The molecule has 6 heteroatoms. The lowest BCUT2D eigenvalue weighted by atomic mass is 10.1. The molecule has 0 spiro atoms. The zero-order valence-corrected chi connectivity index (χ0v) is 16.6. The minimum Gasteiger partial charge on any atom is -0.493 e. The number of Topliss-reactive ketones (excluding diaryl/α,β-unsaturated/α-hetero) is 1. The van der Waals surface area contributed by atoms with Crippen molar-refractivity contribution in [3.05, 3.63) is 53.1 Å². The average molecular weight is 380 g/mol. The summed E-state index contributed by atoms with van der Waals surface area (Å²) >= 11 is 0. The van der Waals surface area contributed by atoms with Crippen molar-refractivity contribution < 1.29 is 19.1 Å². The minimum absolute atomic E-state index is 0.0847. The molecule has 2 rings (SSSR count). The van der Waals surface area contributed by atoms with Crippen LogP contribution in [0, 0.1) is 25.2 Å². The Balaban J connectivity index is 2.21. The van der Waals surface area contributed by atoms with Gasteiger partial charge in [0.1, 0.15) is 0 Å². The number of rotatable bonds is 8. The second kappa shape index (κ2) is 9.56. The predicted molar refractivity (Wildman–Crippen MR) is 107 cm³/mol. The molecule has 0 aromatic heterocycles. The van der Waals surface area contributed by atoms with E-state index in [9.17, 15) is 9.59 Å². The second-order valence-corrected chi connectivity index (χ2v) is 6.38. The third kappa shape index (κ3) is 4.89. The zero-order chi connectivity index (χ0) is 20.7. The summed E-state index contributed by atoms with van der Waals surface area (Å²) < 4.78 is 10.9. The van der Waals surface area contributed by atoms with Gasteiger partial charge in [0, 0.05) is 17.8 Å². The Hall–Kier alpha value is -3.33. The van der Waals surface area contributed by atoms with Gasteiger partial charge in [-0.15, -0.1) is 0 Å². The van der Waals surface area contributed by atoms with Gasteiger partial charge in [-0.25, -0.2) is 0 Å². The Morgan fingerprint density at radius 3 is 2.54 bits per heavy atom. The van der Waals surface area contributed by atoms with Crippen molar-refractivity contribution >= 4 is 17.4 Å². The normalized spacial score (nSPS) is 10.1. The summed E-state index contributed by atoms with van der Waals surface area (Å²) in [5.74, 6) is 0.415. The number of nitriles is 1. The van der Waals surface area contributed by atoms with Crippen LogP contribution in [0.3, 0.4) is 0 Å². The quantitative estimate of drug-likeness (QED) is 0.650. The van der Waals surface area contributed by atoms with Crippen LogP contribution >= 0.6 is 0 Å². The van der Waals surface area contributed by atoms with Gasteiger partial charge in [-0.1, -0.05) is 12.1 Å². The van der Waals surface area contributed by atoms with E-state index in [-0.39, 0.29) is 31.3 Å². The molecule has 0 aliphatic carbocycles. The maximum Gasteiger partial charge on any atom is 0.264 e. The molecule has 28 heavy (non-hydrogen) atoms. The summed E-state index contributed by atoms with van der Waals surface area (Å²) in [5.41, 5.74) is 3.32. The molecule has 0 aliphatic heterocycles. The number of aryl methyl sites for hydroxylation is 1. The molecule has 146 valence electrons. The lowest BCUT2D eigenvalue weighted by molar-refractivity contribution is -0.120. The van der Waals surface area contributed by atoms with E-state index in [1.54, 1.807) is 23.1 Å². The number of ketones is 1. The van der Waals surface area contributed by atoms with Crippen molar-refractivity contribution in [1.82, 2.24) is 0 Å². The topological polar surface area (TPSA) is 79.6 Å². The van der Waals surface area contributed by atoms with E-state index in [0.717, 1.165) is 16.8 Å². The first-order valence-corrected chi connectivity index (χ1v) is 8.94. The zero-order valence-electron chi connectivity index (χ0n) is 16.6. The molecule has 2 aromatic rings. The van der Waals surface area contributed by atoms with Gasteiger partial charge in [0.25, 0.3) is 5.91 Å². The molecule has 0 aliphatic rings. The maximum atomic E-state index is 12.9. The van der Waals surface area contributed by atoms with Crippen molar-refractivity contribution in [2.24, 2.45) is 0 Å². The van der Waals surface area contributed by atoms with Crippen LogP contribution < -0.4 is 14.4 Å². The van der Waals surface area contributed by atoms with E-state index >= 15 is 0 Å². The number of nitrogens with zero attached hydrogens (tertiary/aromatic N) is 2. The molecule has 0 fully saturated rings. The number of ether oxygens (including phenoxy) is 2. The molecule has 2 aromatic carbocycles. The van der Waals surface area contributed by atoms with Gasteiger partial charge < -0.3 is 14.4 Å². The van der Waals surface area contributed by atoms with Gasteiger partial charge in [-0.3, -0.25) is 9.59 Å². The monoisotopic (exact) mass is 380 g/mol. The second-order valence-electron chi connectivity index (χ2n) is 6.38. The summed E-state index contributed by atoms with van der Waals surface area (Å²) in [5, 5.41) is 8.95. The molecule has 0 atom stereocenters. The summed E-state index contributed by atoms with van der Waals surface area (Å²) in [6.45, 7) is 5.46. The van der Waals surface area contributed by atoms with Crippen LogP contribution in [0.2, 0.25) is 0 Å². The summed E-state index contributed by atoms with van der Waals surface area (Å²) in [4.78, 5) is 25.9. The molecule has 0 bridgehead atoms. The van der Waals surface area contributed by atoms with E-state index < -0.39 is 0 Å². The van der Waals surface area contributed by atoms with Gasteiger partial charge in [0.05, 0.1) is 19.6 Å². The van der Waals surface area contributed by atoms with Crippen LogP contribution in [0.15, 0.2) is 36.4 Å². The van der Waals surface area contributed by atoms with Crippen molar-refractivity contribution in [3.8, 4) is 17.6 Å². The Morgan fingerprint density at radius 1 is 1.14 bits per heavy atom. The molecule has 0 heterocycles. The molecule has 0 saturated heterocycles. The highest BCUT2D eigenvalue weighted by molar-refractivity contribution is 5.96. The molecule has 6 nitrogen and oxygen atoms in total. The first-order valence-electron chi connectivity index (χ1n) is 8.94. The van der Waals surface area contributed by atoms with Gasteiger partial charge >= 0.3 is 0 Å². The number of amides is 1. The first-order chi connectivity index (χ1) is 13.4. The Bertz CT molecular complexity index is 915. The number of carbonyl (C=O) groups is 2. The van der Waals surface area contributed by atoms with E-state index in [4.69, 9.17) is 14.7 Å². The highest BCUT2D eigenvalue weighted by Gasteiger charge is 2.19. The van der Waals surface area contributed by atoms with Gasteiger partial charge in [0.15, 0.2) is 23.9 Å². The molecule has 0 N–H and O–H groups in total. The average Bonchev–Trinajstić information content (AvgIpc) is 2.69. The molecular formula is C22H24N2O4. The molecule has 0 radical (unpaired) electrons. The van der Waals surface area contributed by atoms with Crippen LogP contribution in [0.4, 0.5) is 5.69 Å². The number of carbonyl (C=O) groups excluding carboxylic acids is 2. The highest BCUT2D eigenvalue weighted by Crippen LogP contribution is 2.29. The standard InChI is InChI=1S/C22H24N2O4/c1-15-7-5-8-19(16(15)2)24(12-6-11-23)22(26)14-28-20-10-9-18(17(3)25)13-21(20)27-4/h5,7-10,13H,6,12,14H2,1-4H3. The van der Waals surface area contributed by atoms with Crippen LogP contribution in [-0.4, -0.2) is 32.0 Å². The number of anilines is 1. The van der Waals surface area contributed by atoms with Crippen LogP contribution in [0.1, 0.15) is 34.8 Å². The predicted octanol–water partition coefficient (Wildman–Crippen LogP) is 3.84. The molecular weight excluding hydrogens is 356 g/mol. The third-order valence-electron chi connectivity index (χ3n) is 4.54. The van der Waals surface area contributed by atoms with Crippen LogP contribution in [0.5, 0.6) is 11.5 Å². The number of hydrogen-bond acceptors (Lipinski definition) is 5. The van der Waals surface area contributed by atoms with E-state index in [0.29, 0.717) is 17.1 Å². The van der Waals surface area contributed by atoms with Gasteiger partial charge in [0.2, 0.25) is 0 Å². The summed E-state index contributed by atoms with van der Waals surface area (Å²) in [6, 6.07) is 12.6. The first kappa shape index (κ1) is 21.0. The molecule has 1 amide bonds. The van der Waals surface area contributed by atoms with Gasteiger partial charge in [-0.05, 0) is 56.2 Å². The minimum atomic E-state index is -0.262. The van der Waals surface area contributed by atoms with Crippen molar-refractivity contribution in [3.63, 3.8) is 0 Å². The fraction of sp³-hybridized carbons (Fsp3) is 0.318. The van der Waals surface area contributed by atoms with Crippen LogP contribution in [-0.2, 0) is 4.79 Å². The van der Waals surface area contributed by atoms with Crippen molar-refractivity contribution in [1.29, 1.82) is 5.26 Å². The Kier molecular flexibility index (Phi) is 7.16. The fourth-order valence-electron chi connectivity index (χ4n) is 2.79. The molecule has 0 saturated carbocycles. The number of methoxy groups -OCH3 is 1. The lowest BCUT2D eigenvalue weighted by Crippen LogP contribution is -2.36. The Morgan fingerprint density at radius 2 is 1.89 bits per heavy atom. The van der Waals surface area contributed by atoms with Crippen molar-refractivity contribution in [2.75, 3.05) is 25.2 Å². The smallest absolute Gasteiger partial charge is 0.264 e.